The van der Waals surface area contributed by atoms with Crippen molar-refractivity contribution >= 4 is 34.2 Å². The summed E-state index contributed by atoms with van der Waals surface area (Å²) in [6.07, 6.45) is 2.80. The van der Waals surface area contributed by atoms with Gasteiger partial charge in [0, 0.05) is 35.6 Å². The standard InChI is InChI=1S/C21H21ClN4OS/c22-17-8-6-15(7-9-17)12-19-24-21(28-25-19)26(13-16-4-2-1-3-5-16)14-20(27)23-18-10-11-18/h1-9,18H,10-14H2,(H,23,27). The summed E-state index contributed by atoms with van der Waals surface area (Å²) in [5.74, 6) is 0.788. The molecule has 28 heavy (non-hydrogen) atoms. The molecule has 2 aromatic carbocycles. The molecule has 0 radical (unpaired) electrons. The summed E-state index contributed by atoms with van der Waals surface area (Å²) in [5, 5.41) is 4.53. The van der Waals surface area contributed by atoms with Crippen LogP contribution < -0.4 is 10.2 Å². The maximum Gasteiger partial charge on any atom is 0.239 e. The summed E-state index contributed by atoms with van der Waals surface area (Å²) in [6, 6.07) is 18.2. The van der Waals surface area contributed by atoms with Crippen molar-refractivity contribution in [1.29, 1.82) is 0 Å². The molecule has 1 N–H and O–H groups in total. The number of nitrogens with zero attached hydrogens (tertiary/aromatic N) is 3. The van der Waals surface area contributed by atoms with Crippen LogP contribution in [0.2, 0.25) is 5.02 Å². The van der Waals surface area contributed by atoms with Crippen LogP contribution >= 0.6 is 23.1 Å². The van der Waals surface area contributed by atoms with E-state index >= 15 is 0 Å². The normalized spacial score (nSPS) is 13.3. The van der Waals surface area contributed by atoms with Crippen LogP contribution in [0.1, 0.15) is 29.8 Å². The Labute approximate surface area is 173 Å². The van der Waals surface area contributed by atoms with Crippen molar-refractivity contribution in [2.45, 2.75) is 31.8 Å². The van der Waals surface area contributed by atoms with E-state index < -0.39 is 0 Å². The number of hydrogen-bond donors (Lipinski definition) is 1. The van der Waals surface area contributed by atoms with Crippen molar-refractivity contribution in [2.24, 2.45) is 0 Å². The van der Waals surface area contributed by atoms with E-state index in [0.717, 1.165) is 34.9 Å². The number of benzene rings is 2. The number of amides is 1. The average Bonchev–Trinajstić information content (AvgIpc) is 3.38. The molecule has 144 valence electrons. The Morgan fingerprint density at radius 3 is 2.57 bits per heavy atom. The highest BCUT2D eigenvalue weighted by atomic mass is 35.5. The Morgan fingerprint density at radius 2 is 1.86 bits per heavy atom. The highest BCUT2D eigenvalue weighted by Gasteiger charge is 2.25. The van der Waals surface area contributed by atoms with Gasteiger partial charge in [-0.3, -0.25) is 4.79 Å². The van der Waals surface area contributed by atoms with Crippen LogP contribution in [-0.2, 0) is 17.8 Å². The van der Waals surface area contributed by atoms with Gasteiger partial charge in [-0.05, 0) is 36.1 Å². The van der Waals surface area contributed by atoms with Gasteiger partial charge >= 0.3 is 0 Å². The van der Waals surface area contributed by atoms with Crippen molar-refractivity contribution < 1.29 is 4.79 Å². The van der Waals surface area contributed by atoms with E-state index in [4.69, 9.17) is 16.6 Å². The Hall–Kier alpha value is -2.44. The van der Waals surface area contributed by atoms with Gasteiger partial charge in [0.1, 0.15) is 5.82 Å². The molecule has 0 spiro atoms. The van der Waals surface area contributed by atoms with Gasteiger partial charge in [-0.2, -0.15) is 4.37 Å². The second kappa shape index (κ2) is 8.71. The Bertz CT molecular complexity index is 925. The van der Waals surface area contributed by atoms with E-state index in [-0.39, 0.29) is 12.5 Å². The number of halogens is 1. The lowest BCUT2D eigenvalue weighted by molar-refractivity contribution is -0.119. The minimum Gasteiger partial charge on any atom is -0.352 e. The molecule has 4 rings (SSSR count). The number of anilines is 1. The summed E-state index contributed by atoms with van der Waals surface area (Å²) in [7, 11) is 0. The maximum absolute atomic E-state index is 12.4. The van der Waals surface area contributed by atoms with Gasteiger partial charge in [0.2, 0.25) is 11.0 Å². The quantitative estimate of drug-likeness (QED) is 0.606. The van der Waals surface area contributed by atoms with Crippen molar-refractivity contribution in [3.8, 4) is 0 Å². The first-order chi connectivity index (χ1) is 13.7. The number of carbonyl (C=O) groups is 1. The first kappa shape index (κ1) is 18.9. The van der Waals surface area contributed by atoms with E-state index in [1.807, 2.05) is 47.4 Å². The average molecular weight is 413 g/mol. The highest BCUT2D eigenvalue weighted by Crippen LogP contribution is 2.23. The molecule has 0 aliphatic heterocycles. The molecule has 1 fully saturated rings. The zero-order valence-corrected chi connectivity index (χ0v) is 16.9. The molecule has 3 aromatic rings. The fraction of sp³-hybridized carbons (Fsp3) is 0.286. The maximum atomic E-state index is 12.4. The molecule has 1 amide bonds. The van der Waals surface area contributed by atoms with Crippen LogP contribution in [0.4, 0.5) is 5.13 Å². The van der Waals surface area contributed by atoms with Crippen molar-refractivity contribution in [3.05, 3.63) is 76.6 Å². The van der Waals surface area contributed by atoms with Gasteiger partial charge in [-0.25, -0.2) is 4.98 Å². The van der Waals surface area contributed by atoms with Gasteiger partial charge in [0.15, 0.2) is 0 Å². The molecule has 1 aliphatic rings. The molecule has 1 saturated carbocycles. The molecule has 5 nitrogen and oxygen atoms in total. The minimum atomic E-state index is 0.0351. The molecule has 0 unspecified atom stereocenters. The second-order valence-corrected chi connectivity index (χ2v) is 8.15. The largest absolute Gasteiger partial charge is 0.352 e. The molecule has 0 atom stereocenters. The third-order valence-electron chi connectivity index (χ3n) is 4.50. The monoisotopic (exact) mass is 412 g/mol. The molecular formula is C21H21ClN4OS. The van der Waals surface area contributed by atoms with E-state index in [1.54, 1.807) is 0 Å². The fourth-order valence-corrected chi connectivity index (χ4v) is 3.71. The molecular weight excluding hydrogens is 392 g/mol. The van der Waals surface area contributed by atoms with E-state index in [9.17, 15) is 4.79 Å². The van der Waals surface area contributed by atoms with E-state index in [2.05, 4.69) is 21.8 Å². The summed E-state index contributed by atoms with van der Waals surface area (Å²) in [4.78, 5) is 19.1. The van der Waals surface area contributed by atoms with Gasteiger partial charge in [0.05, 0.1) is 6.54 Å². The number of nitrogens with one attached hydrogen (secondary N) is 1. The molecule has 0 saturated heterocycles. The first-order valence-corrected chi connectivity index (χ1v) is 10.5. The summed E-state index contributed by atoms with van der Waals surface area (Å²) in [6.45, 7) is 0.898. The molecule has 1 aromatic heterocycles. The Morgan fingerprint density at radius 1 is 1.11 bits per heavy atom. The van der Waals surface area contributed by atoms with E-state index in [1.165, 1.54) is 11.5 Å². The molecule has 1 aliphatic carbocycles. The Balaban J connectivity index is 1.48. The van der Waals surface area contributed by atoms with Crippen molar-refractivity contribution in [1.82, 2.24) is 14.7 Å². The van der Waals surface area contributed by atoms with Crippen molar-refractivity contribution in [2.75, 3.05) is 11.4 Å². The smallest absolute Gasteiger partial charge is 0.239 e. The molecule has 1 heterocycles. The minimum absolute atomic E-state index is 0.0351. The zero-order chi connectivity index (χ0) is 19.3. The van der Waals surface area contributed by atoms with Crippen LogP contribution in [-0.4, -0.2) is 27.9 Å². The summed E-state index contributed by atoms with van der Waals surface area (Å²) in [5.41, 5.74) is 2.24. The SMILES string of the molecule is O=C(CN(Cc1ccccc1)c1nc(Cc2ccc(Cl)cc2)ns1)NC1CC1. The number of aromatic nitrogens is 2. The third kappa shape index (κ3) is 5.30. The van der Waals surface area contributed by atoms with Crippen LogP contribution in [0, 0.1) is 0 Å². The van der Waals surface area contributed by atoms with Gasteiger partial charge in [-0.1, -0.05) is 54.1 Å². The van der Waals surface area contributed by atoms with Gasteiger partial charge < -0.3 is 10.2 Å². The zero-order valence-electron chi connectivity index (χ0n) is 15.3. The lowest BCUT2D eigenvalue weighted by Gasteiger charge is -2.21. The Kier molecular flexibility index (Phi) is 5.88. The molecule has 0 bridgehead atoms. The lowest BCUT2D eigenvalue weighted by atomic mass is 10.1. The van der Waals surface area contributed by atoms with Crippen LogP contribution in [0.25, 0.3) is 0 Å². The molecule has 7 heteroatoms. The fourth-order valence-electron chi connectivity index (χ4n) is 2.90. The van der Waals surface area contributed by atoms with Gasteiger partial charge in [-0.15, -0.1) is 0 Å². The van der Waals surface area contributed by atoms with Crippen LogP contribution in [0.15, 0.2) is 54.6 Å². The second-order valence-electron chi connectivity index (χ2n) is 6.98. The summed E-state index contributed by atoms with van der Waals surface area (Å²) < 4.78 is 4.50. The highest BCUT2D eigenvalue weighted by molar-refractivity contribution is 7.09. The van der Waals surface area contributed by atoms with E-state index in [0.29, 0.717) is 24.0 Å². The third-order valence-corrected chi connectivity index (χ3v) is 5.56. The first-order valence-electron chi connectivity index (χ1n) is 9.31. The van der Waals surface area contributed by atoms with Crippen molar-refractivity contribution in [3.63, 3.8) is 0 Å². The van der Waals surface area contributed by atoms with Gasteiger partial charge in [0.25, 0.3) is 0 Å². The summed E-state index contributed by atoms with van der Waals surface area (Å²) >= 11 is 7.29. The van der Waals surface area contributed by atoms with Crippen LogP contribution in [0.3, 0.4) is 0 Å². The number of hydrogen-bond acceptors (Lipinski definition) is 5. The predicted molar refractivity (Wildman–Crippen MR) is 113 cm³/mol. The number of carbonyl (C=O) groups excluding carboxylic acids is 1. The topological polar surface area (TPSA) is 58.1 Å². The number of rotatable bonds is 8. The predicted octanol–water partition coefficient (Wildman–Crippen LogP) is 4.07. The van der Waals surface area contributed by atoms with Crippen LogP contribution in [0.5, 0.6) is 0 Å². The lowest BCUT2D eigenvalue weighted by Crippen LogP contribution is -2.38.